The average molecular weight is 413 g/mol. The van der Waals surface area contributed by atoms with Crippen LogP contribution in [0.15, 0.2) is 0 Å². The van der Waals surface area contributed by atoms with Gasteiger partial charge in [0.2, 0.25) is 0 Å². The number of aliphatic hydroxyl groups is 2. The number of aliphatic hydroxyl groups excluding tert-OH is 2. The number of hydrogen-bond acceptors (Lipinski definition) is 2. The summed E-state index contributed by atoms with van der Waals surface area (Å²) in [6.45, 7) is 2.55. The molecule has 29 heavy (non-hydrogen) atoms. The number of hydrogen-bond donors (Lipinski definition) is 2. The molecule has 0 bridgehead atoms. The van der Waals surface area contributed by atoms with E-state index in [2.05, 4.69) is 6.92 Å². The van der Waals surface area contributed by atoms with Crippen molar-refractivity contribution in [2.45, 2.75) is 167 Å². The Morgan fingerprint density at radius 2 is 0.690 bits per heavy atom. The topological polar surface area (TPSA) is 40.5 Å². The van der Waals surface area contributed by atoms with E-state index >= 15 is 0 Å². The van der Waals surface area contributed by atoms with Crippen LogP contribution in [0.4, 0.5) is 0 Å². The molecule has 0 fully saturated rings. The number of rotatable bonds is 25. The van der Waals surface area contributed by atoms with E-state index in [-0.39, 0.29) is 12.7 Å². The molecule has 2 nitrogen and oxygen atoms in total. The molecule has 2 N–H and O–H groups in total. The molecule has 0 rings (SSSR count). The summed E-state index contributed by atoms with van der Waals surface area (Å²) in [4.78, 5) is 0. The Kier molecular flexibility index (Phi) is 25.9. The fraction of sp³-hybridized carbons (Fsp3) is 1.00. The van der Waals surface area contributed by atoms with Crippen LogP contribution in [0.1, 0.15) is 161 Å². The molecule has 0 aliphatic heterocycles. The third kappa shape index (κ3) is 25.9. The molecule has 0 aromatic rings. The molecule has 0 aromatic heterocycles. The van der Waals surface area contributed by atoms with Crippen LogP contribution in [0.3, 0.4) is 0 Å². The Morgan fingerprint density at radius 3 is 1.00 bits per heavy atom. The lowest BCUT2D eigenvalue weighted by Gasteiger charge is -2.09. The first-order valence-corrected chi connectivity index (χ1v) is 13.6. The lowest BCUT2D eigenvalue weighted by molar-refractivity contribution is 0.144. The molecule has 176 valence electrons. The van der Waals surface area contributed by atoms with Gasteiger partial charge < -0.3 is 10.2 Å². The van der Waals surface area contributed by atoms with Crippen LogP contribution in [0.2, 0.25) is 0 Å². The molecule has 0 amide bonds. The van der Waals surface area contributed by atoms with Crippen LogP contribution in [-0.2, 0) is 0 Å². The van der Waals surface area contributed by atoms with Gasteiger partial charge in [-0.15, -0.1) is 0 Å². The van der Waals surface area contributed by atoms with Crippen molar-refractivity contribution in [1.29, 1.82) is 0 Å². The standard InChI is InChI=1S/C27H56O2/c1-2-3-4-5-6-7-8-9-10-11-12-13-14-15-16-17-18-19-20-21-24-27(29)25-22-23-26-28/h27-29H,2-26H2,1H3/t27-/m0/s1. The van der Waals surface area contributed by atoms with E-state index < -0.39 is 0 Å². The molecule has 0 radical (unpaired) electrons. The molecule has 0 aromatic carbocycles. The van der Waals surface area contributed by atoms with Crippen LogP contribution in [0.25, 0.3) is 0 Å². The maximum Gasteiger partial charge on any atom is 0.0540 e. The summed E-state index contributed by atoms with van der Waals surface area (Å²) in [6.07, 6.45) is 31.7. The fourth-order valence-electron chi connectivity index (χ4n) is 4.27. The quantitative estimate of drug-likeness (QED) is 0.147. The predicted molar refractivity (Wildman–Crippen MR) is 130 cm³/mol. The van der Waals surface area contributed by atoms with Crippen LogP contribution in [0.5, 0.6) is 0 Å². The summed E-state index contributed by atoms with van der Waals surface area (Å²) in [5.41, 5.74) is 0. The smallest absolute Gasteiger partial charge is 0.0540 e. The summed E-state index contributed by atoms with van der Waals surface area (Å²) < 4.78 is 0. The first kappa shape index (κ1) is 28.9. The zero-order chi connectivity index (χ0) is 21.3. The van der Waals surface area contributed by atoms with Gasteiger partial charge in [0.05, 0.1) is 6.10 Å². The molecule has 0 aliphatic carbocycles. The van der Waals surface area contributed by atoms with E-state index in [0.29, 0.717) is 0 Å². The second-order valence-corrected chi connectivity index (χ2v) is 9.38. The molecule has 0 unspecified atom stereocenters. The highest BCUT2D eigenvalue weighted by atomic mass is 16.3. The highest BCUT2D eigenvalue weighted by molar-refractivity contribution is 4.57. The average Bonchev–Trinajstić information content (AvgIpc) is 2.72. The van der Waals surface area contributed by atoms with E-state index in [1.165, 1.54) is 128 Å². The Morgan fingerprint density at radius 1 is 0.414 bits per heavy atom. The van der Waals surface area contributed by atoms with Crippen molar-refractivity contribution in [3.8, 4) is 0 Å². The van der Waals surface area contributed by atoms with Gasteiger partial charge >= 0.3 is 0 Å². The van der Waals surface area contributed by atoms with E-state index in [4.69, 9.17) is 5.11 Å². The molecular weight excluding hydrogens is 356 g/mol. The highest BCUT2D eigenvalue weighted by Crippen LogP contribution is 2.15. The molecule has 2 heteroatoms. The summed E-state index contributed by atoms with van der Waals surface area (Å²) in [7, 11) is 0. The normalized spacial score (nSPS) is 12.5. The van der Waals surface area contributed by atoms with Crippen LogP contribution in [-0.4, -0.2) is 22.9 Å². The summed E-state index contributed by atoms with van der Waals surface area (Å²) in [6, 6.07) is 0. The van der Waals surface area contributed by atoms with Crippen molar-refractivity contribution in [2.24, 2.45) is 0 Å². The highest BCUT2D eigenvalue weighted by Gasteiger charge is 2.03. The predicted octanol–water partition coefficient (Wildman–Crippen LogP) is 8.72. The first-order valence-electron chi connectivity index (χ1n) is 13.6. The Hall–Kier alpha value is -0.0800. The van der Waals surface area contributed by atoms with Crippen molar-refractivity contribution in [3.63, 3.8) is 0 Å². The number of unbranched alkanes of at least 4 members (excludes halogenated alkanes) is 20. The third-order valence-corrected chi connectivity index (χ3v) is 6.34. The van der Waals surface area contributed by atoms with Crippen LogP contribution in [0, 0.1) is 0 Å². The van der Waals surface area contributed by atoms with Gasteiger partial charge in [0.25, 0.3) is 0 Å². The minimum absolute atomic E-state index is 0.142. The van der Waals surface area contributed by atoms with Crippen LogP contribution < -0.4 is 0 Å². The van der Waals surface area contributed by atoms with E-state index in [1.807, 2.05) is 0 Å². The zero-order valence-corrected chi connectivity index (χ0v) is 20.1. The zero-order valence-electron chi connectivity index (χ0n) is 20.1. The lowest BCUT2D eigenvalue weighted by atomic mass is 10.0. The second kappa shape index (κ2) is 26.0. The maximum atomic E-state index is 9.85. The monoisotopic (exact) mass is 412 g/mol. The van der Waals surface area contributed by atoms with Crippen molar-refractivity contribution >= 4 is 0 Å². The van der Waals surface area contributed by atoms with Crippen molar-refractivity contribution in [2.75, 3.05) is 6.61 Å². The van der Waals surface area contributed by atoms with Gasteiger partial charge in [-0.05, 0) is 25.7 Å². The van der Waals surface area contributed by atoms with Gasteiger partial charge in [-0.2, -0.15) is 0 Å². The third-order valence-electron chi connectivity index (χ3n) is 6.34. The summed E-state index contributed by atoms with van der Waals surface area (Å²) in [5.74, 6) is 0. The Bertz CT molecular complexity index is 280. The molecular formula is C27H56O2. The van der Waals surface area contributed by atoms with Crippen molar-refractivity contribution in [3.05, 3.63) is 0 Å². The summed E-state index contributed by atoms with van der Waals surface area (Å²) in [5, 5.41) is 18.6. The van der Waals surface area contributed by atoms with E-state index in [0.717, 1.165) is 25.7 Å². The molecule has 0 aliphatic rings. The molecule has 0 saturated carbocycles. The molecule has 1 atom stereocenters. The van der Waals surface area contributed by atoms with Crippen LogP contribution >= 0.6 is 0 Å². The SMILES string of the molecule is CCCCCCCCCCCCCCCCCCCCCC[C@H](O)CCCCO. The fourth-order valence-corrected chi connectivity index (χ4v) is 4.27. The van der Waals surface area contributed by atoms with Gasteiger partial charge in [-0.1, -0.05) is 135 Å². The largest absolute Gasteiger partial charge is 0.396 e. The van der Waals surface area contributed by atoms with E-state index in [1.54, 1.807) is 0 Å². The van der Waals surface area contributed by atoms with Gasteiger partial charge in [0.1, 0.15) is 0 Å². The van der Waals surface area contributed by atoms with Gasteiger partial charge in [-0.3, -0.25) is 0 Å². The molecule has 0 spiro atoms. The maximum absolute atomic E-state index is 9.85. The Balaban J connectivity index is 3.05. The minimum atomic E-state index is -0.142. The Labute approximate surface area is 184 Å². The second-order valence-electron chi connectivity index (χ2n) is 9.38. The lowest BCUT2D eigenvalue weighted by Crippen LogP contribution is -2.06. The van der Waals surface area contributed by atoms with Crippen molar-refractivity contribution in [1.82, 2.24) is 0 Å². The van der Waals surface area contributed by atoms with Gasteiger partial charge in [0.15, 0.2) is 0 Å². The molecule has 0 heterocycles. The minimum Gasteiger partial charge on any atom is -0.396 e. The summed E-state index contributed by atoms with van der Waals surface area (Å²) >= 11 is 0. The first-order chi connectivity index (χ1) is 14.3. The van der Waals surface area contributed by atoms with E-state index in [9.17, 15) is 5.11 Å². The van der Waals surface area contributed by atoms with Crippen molar-refractivity contribution < 1.29 is 10.2 Å². The van der Waals surface area contributed by atoms with Gasteiger partial charge in [-0.25, -0.2) is 0 Å². The molecule has 0 saturated heterocycles. The van der Waals surface area contributed by atoms with Gasteiger partial charge in [0, 0.05) is 6.61 Å².